The average molecular weight is 1060 g/mol. The number of hydrogen-bond acceptors (Lipinski definition) is 2. The summed E-state index contributed by atoms with van der Waals surface area (Å²) in [4.78, 5) is 0. The van der Waals surface area contributed by atoms with Gasteiger partial charge in [0.2, 0.25) is 0 Å². The van der Waals surface area contributed by atoms with Crippen LogP contribution in [0, 0.1) is 68.0 Å². The van der Waals surface area contributed by atoms with E-state index in [4.69, 9.17) is 27.6 Å². The zero-order chi connectivity index (χ0) is 22.1. The van der Waals surface area contributed by atoms with Crippen LogP contribution < -0.4 is 0 Å². The predicted molar refractivity (Wildman–Crippen MR) is 133 cm³/mol. The van der Waals surface area contributed by atoms with Crippen LogP contribution in [0.5, 0.6) is 5.75 Å². The molecule has 0 unspecified atom stereocenters. The Morgan fingerprint density at radius 1 is 0.727 bits per heavy atom. The Kier molecular flexibility index (Phi) is 11.4. The number of rotatable bonds is 1. The fourth-order valence-electron chi connectivity index (χ4n) is 3.17. The quantitative estimate of drug-likeness (QED) is 0.182. The zero-order valence-electron chi connectivity index (χ0n) is 16.7. The van der Waals surface area contributed by atoms with Crippen LogP contribution in [-0.4, -0.2) is 5.11 Å². The fraction of sp³-hybridized carbons (Fsp3) is 0. The van der Waals surface area contributed by atoms with Gasteiger partial charge in [-0.1, -0.05) is 47.5 Å². The molecule has 0 aliphatic heterocycles. The van der Waals surface area contributed by atoms with Crippen LogP contribution in [-0.2, 0) is 0 Å². The van der Waals surface area contributed by atoms with Gasteiger partial charge < -0.3 is 9.52 Å². The molecule has 0 saturated heterocycles. The van der Waals surface area contributed by atoms with Gasteiger partial charge in [-0.2, -0.15) is 0 Å². The number of phenols is 1. The largest absolute Gasteiger partial charge is 0.506 e. The van der Waals surface area contributed by atoms with Crippen molar-refractivity contribution >= 4 is 77.0 Å². The minimum absolute atomic E-state index is 0. The Balaban J connectivity index is 0.000000220. The standard InChI is InChI=1S/C12H7BrClFO.C12H6BrClO.2U/c13-10-3-1-2-8(12(10)16)9-6-7(14)4-5-11(9)15;13-10-3-1-2-8-9-6-7(14)4-5-11(9)15-12(8)10;;/h1-6,16H;1-6H;;. The maximum absolute atomic E-state index is 13.6. The number of furan rings is 1. The van der Waals surface area contributed by atoms with Crippen LogP contribution in [0.2, 0.25) is 10.0 Å². The predicted octanol–water partition coefficient (Wildman–Crippen LogP) is 9.62. The van der Waals surface area contributed by atoms with Gasteiger partial charge in [-0.15, -0.1) is 0 Å². The van der Waals surface area contributed by atoms with E-state index in [1.807, 2.05) is 36.4 Å². The van der Waals surface area contributed by atoms with Crippen molar-refractivity contribution in [3.05, 3.63) is 97.6 Å². The SMILES string of the molecule is Clc1ccc2oc3c(Br)cccc3c2c1.Oc1c(Br)cccc1-c1cc(Cl)ccc1F.[U].[U]. The van der Waals surface area contributed by atoms with E-state index >= 15 is 0 Å². The Labute approximate surface area is 264 Å². The molecule has 0 fully saturated rings. The first-order valence-corrected chi connectivity index (χ1v) is 11.4. The van der Waals surface area contributed by atoms with Crippen molar-refractivity contribution in [3.8, 4) is 16.9 Å². The topological polar surface area (TPSA) is 33.4 Å². The van der Waals surface area contributed by atoms with Crippen LogP contribution in [0.25, 0.3) is 33.1 Å². The normalized spacial score (nSPS) is 10.2. The molecule has 0 radical (unpaired) electrons. The first-order valence-electron chi connectivity index (χ1n) is 9.04. The summed E-state index contributed by atoms with van der Waals surface area (Å²) in [5, 5.41) is 13.1. The van der Waals surface area contributed by atoms with Gasteiger partial charge in [0.05, 0.1) is 8.95 Å². The second-order valence-corrected chi connectivity index (χ2v) is 9.20. The van der Waals surface area contributed by atoms with E-state index in [1.165, 1.54) is 18.2 Å². The number of para-hydroxylation sites is 2. The molecule has 33 heavy (non-hydrogen) atoms. The molecule has 5 rings (SSSR count). The second kappa shape index (κ2) is 12.8. The summed E-state index contributed by atoms with van der Waals surface area (Å²) < 4.78 is 20.8. The van der Waals surface area contributed by atoms with Crippen LogP contribution in [0.3, 0.4) is 0 Å². The van der Waals surface area contributed by atoms with E-state index in [9.17, 15) is 9.50 Å². The monoisotopic (exact) mass is 1060 g/mol. The van der Waals surface area contributed by atoms with Gasteiger partial charge in [0.1, 0.15) is 22.7 Å². The number of fused-ring (bicyclic) bond motifs is 3. The first kappa shape index (κ1) is 29.3. The Hall–Kier alpha value is 0.0539. The van der Waals surface area contributed by atoms with Crippen molar-refractivity contribution in [1.82, 2.24) is 0 Å². The molecule has 1 aromatic heterocycles. The van der Waals surface area contributed by atoms with E-state index in [-0.39, 0.29) is 73.5 Å². The Morgan fingerprint density at radius 3 is 2.12 bits per heavy atom. The van der Waals surface area contributed by atoms with Gasteiger partial charge in [0.15, 0.2) is 0 Å². The molecule has 9 heteroatoms. The molecule has 2 nitrogen and oxygen atoms in total. The molecule has 0 aliphatic rings. The van der Waals surface area contributed by atoms with E-state index in [0.717, 1.165) is 31.4 Å². The van der Waals surface area contributed by atoms with Gasteiger partial charge in [-0.3, -0.25) is 0 Å². The third kappa shape index (κ3) is 6.64. The smallest absolute Gasteiger partial charge is 0.149 e. The maximum atomic E-state index is 13.6. The average Bonchev–Trinajstić information content (AvgIpc) is 3.12. The van der Waals surface area contributed by atoms with Crippen LogP contribution >= 0.6 is 55.1 Å². The van der Waals surface area contributed by atoms with Crippen molar-refractivity contribution in [1.29, 1.82) is 0 Å². The molecular formula is C24H13Br2Cl2FO2U2. The third-order valence-electron chi connectivity index (χ3n) is 4.62. The number of hydrogen-bond donors (Lipinski definition) is 1. The number of benzene rings is 4. The molecule has 0 aliphatic carbocycles. The van der Waals surface area contributed by atoms with E-state index in [0.29, 0.717) is 15.1 Å². The summed E-state index contributed by atoms with van der Waals surface area (Å²) in [7, 11) is 0. The zero-order valence-corrected chi connectivity index (χ0v) is 29.7. The summed E-state index contributed by atoms with van der Waals surface area (Å²) in [6, 6.07) is 20.9. The van der Waals surface area contributed by atoms with Crippen molar-refractivity contribution in [2.75, 3.05) is 0 Å². The van der Waals surface area contributed by atoms with E-state index in [1.54, 1.807) is 18.2 Å². The molecule has 1 N–H and O–H groups in total. The summed E-state index contributed by atoms with van der Waals surface area (Å²) >= 11 is 18.4. The minimum atomic E-state index is -0.419. The van der Waals surface area contributed by atoms with Crippen molar-refractivity contribution in [2.24, 2.45) is 0 Å². The Bertz CT molecular complexity index is 1430. The molecule has 0 atom stereocenters. The summed E-state index contributed by atoms with van der Waals surface area (Å²) in [5.41, 5.74) is 2.43. The van der Waals surface area contributed by atoms with Gasteiger partial charge in [0, 0.05) is 94.2 Å². The fourth-order valence-corrected chi connectivity index (χ4v) is 4.33. The van der Waals surface area contributed by atoms with Crippen molar-refractivity contribution < 1.29 is 76.1 Å². The molecule has 164 valence electrons. The van der Waals surface area contributed by atoms with Crippen LogP contribution in [0.4, 0.5) is 4.39 Å². The van der Waals surface area contributed by atoms with E-state index < -0.39 is 5.82 Å². The molecule has 0 saturated carbocycles. The molecule has 0 spiro atoms. The number of halogens is 5. The van der Waals surface area contributed by atoms with E-state index in [2.05, 4.69) is 31.9 Å². The van der Waals surface area contributed by atoms with Gasteiger partial charge in [-0.05, 0) is 80.4 Å². The van der Waals surface area contributed by atoms with Crippen molar-refractivity contribution in [2.45, 2.75) is 0 Å². The van der Waals surface area contributed by atoms with Gasteiger partial charge in [0.25, 0.3) is 0 Å². The van der Waals surface area contributed by atoms with Crippen LogP contribution in [0.1, 0.15) is 0 Å². The van der Waals surface area contributed by atoms with Gasteiger partial charge in [-0.25, -0.2) is 4.39 Å². The molecule has 0 bridgehead atoms. The molecule has 1 heterocycles. The summed E-state index contributed by atoms with van der Waals surface area (Å²) in [6.45, 7) is 0. The molecule has 5 aromatic rings. The van der Waals surface area contributed by atoms with Crippen LogP contribution in [0.15, 0.2) is 86.2 Å². The summed E-state index contributed by atoms with van der Waals surface area (Å²) in [5.74, 6) is -0.415. The molecule has 0 amide bonds. The maximum Gasteiger partial charge on any atom is 0.149 e. The first-order chi connectivity index (χ1) is 14.8. The van der Waals surface area contributed by atoms with Crippen molar-refractivity contribution in [3.63, 3.8) is 0 Å². The number of phenolic OH excluding ortho intramolecular Hbond substituents is 1. The molecular weight excluding hydrogens is 1050 g/mol. The summed E-state index contributed by atoms with van der Waals surface area (Å²) in [6.07, 6.45) is 0. The molecule has 4 aromatic carbocycles. The number of aromatic hydroxyl groups is 1. The second-order valence-electron chi connectivity index (χ2n) is 6.62. The Morgan fingerprint density at radius 2 is 1.36 bits per heavy atom. The van der Waals surface area contributed by atoms with Gasteiger partial charge >= 0.3 is 0 Å². The third-order valence-corrected chi connectivity index (χ3v) is 6.35. The minimum Gasteiger partial charge on any atom is -0.506 e.